The lowest BCUT2D eigenvalue weighted by Gasteiger charge is -2.02. The molecule has 2 rings (SSSR count). The summed E-state index contributed by atoms with van der Waals surface area (Å²) in [5.41, 5.74) is 0.604. The number of aromatic nitrogens is 4. The normalized spacial score (nSPS) is 10.4. The molecule has 8 heteroatoms. The van der Waals surface area contributed by atoms with Gasteiger partial charge in [-0.25, -0.2) is 14.4 Å². The van der Waals surface area contributed by atoms with Gasteiger partial charge in [-0.2, -0.15) is 0 Å². The van der Waals surface area contributed by atoms with E-state index in [-0.39, 0.29) is 6.54 Å². The molecule has 0 unspecified atom stereocenters. The molecule has 0 fully saturated rings. The lowest BCUT2D eigenvalue weighted by molar-refractivity contribution is 0.378. The highest BCUT2D eigenvalue weighted by molar-refractivity contribution is 14.1. The van der Waals surface area contributed by atoms with Crippen molar-refractivity contribution in [3.05, 3.63) is 22.2 Å². The summed E-state index contributed by atoms with van der Waals surface area (Å²) in [7, 11) is 1.50. The third kappa shape index (κ3) is 3.06. The van der Waals surface area contributed by atoms with Crippen molar-refractivity contribution in [3.8, 4) is 5.88 Å². The van der Waals surface area contributed by atoms with Crippen LogP contribution in [0.4, 0.5) is 16.0 Å². The van der Waals surface area contributed by atoms with Gasteiger partial charge in [-0.3, -0.25) is 4.68 Å². The number of nitrogens with one attached hydrogen (secondary N) is 1. The lowest BCUT2D eigenvalue weighted by Crippen LogP contribution is -1.99. The predicted molar refractivity (Wildman–Crippen MR) is 72.8 cm³/mol. The summed E-state index contributed by atoms with van der Waals surface area (Å²) in [6, 6.07) is 0. The van der Waals surface area contributed by atoms with Crippen molar-refractivity contribution in [1.82, 2.24) is 19.7 Å². The highest BCUT2D eigenvalue weighted by Crippen LogP contribution is 2.24. The van der Waals surface area contributed by atoms with Gasteiger partial charge in [-0.15, -0.1) is 5.10 Å². The Balaban J connectivity index is 2.19. The number of rotatable bonds is 5. The largest absolute Gasteiger partial charge is 0.478 e. The van der Waals surface area contributed by atoms with Crippen LogP contribution in [0, 0.1) is 3.57 Å². The molecule has 0 atom stereocenters. The van der Waals surface area contributed by atoms with Gasteiger partial charge < -0.3 is 10.1 Å². The molecule has 0 aliphatic heterocycles. The van der Waals surface area contributed by atoms with Crippen LogP contribution in [0.5, 0.6) is 5.88 Å². The van der Waals surface area contributed by atoms with Gasteiger partial charge in [0.25, 0.3) is 5.88 Å². The zero-order valence-corrected chi connectivity index (χ0v) is 11.8. The molecule has 0 aliphatic carbocycles. The Labute approximate surface area is 117 Å². The lowest BCUT2D eigenvalue weighted by atomic mass is 10.5. The van der Waals surface area contributed by atoms with Crippen molar-refractivity contribution >= 4 is 34.2 Å². The first-order valence-electron chi connectivity index (χ1n) is 5.15. The van der Waals surface area contributed by atoms with Gasteiger partial charge in [-0.05, 0) is 22.6 Å². The minimum absolute atomic E-state index is 0.186. The topological polar surface area (TPSA) is 64.9 Å². The zero-order chi connectivity index (χ0) is 13.0. The monoisotopic (exact) mass is 363 g/mol. The molecule has 1 N–H and O–H groups in total. The fraction of sp³-hybridized carbons (Fsp3) is 0.300. The van der Waals surface area contributed by atoms with Crippen LogP contribution < -0.4 is 10.1 Å². The van der Waals surface area contributed by atoms with Crippen LogP contribution in [-0.2, 0) is 6.54 Å². The van der Waals surface area contributed by atoms with Crippen molar-refractivity contribution in [1.29, 1.82) is 0 Å². The second-order valence-electron chi connectivity index (χ2n) is 3.35. The van der Waals surface area contributed by atoms with Gasteiger partial charge in [0, 0.05) is 16.0 Å². The fourth-order valence-corrected chi connectivity index (χ4v) is 1.62. The van der Waals surface area contributed by atoms with Gasteiger partial charge in [0.05, 0.1) is 19.9 Å². The summed E-state index contributed by atoms with van der Waals surface area (Å²) >= 11 is 2.12. The highest BCUT2D eigenvalue weighted by Gasteiger charge is 2.10. The number of hydrogen-bond donors (Lipinski definition) is 1. The van der Waals surface area contributed by atoms with E-state index >= 15 is 0 Å². The standard InChI is InChI=1S/C10H11FIN5O/c1-18-9-8(6-17(16-9)3-2-11)15-10-13-4-7(12)5-14-10/h4-6H,2-3H2,1H3,(H,13,14,15). The van der Waals surface area contributed by atoms with E-state index in [0.29, 0.717) is 17.5 Å². The Morgan fingerprint density at radius 3 is 2.78 bits per heavy atom. The van der Waals surface area contributed by atoms with E-state index in [1.54, 1.807) is 18.6 Å². The molecule has 0 saturated carbocycles. The SMILES string of the molecule is COc1nn(CCF)cc1Nc1ncc(I)cn1. The maximum absolute atomic E-state index is 12.2. The fourth-order valence-electron chi connectivity index (χ4n) is 1.34. The molecule has 2 heterocycles. The zero-order valence-electron chi connectivity index (χ0n) is 9.60. The summed E-state index contributed by atoms with van der Waals surface area (Å²) in [5.74, 6) is 0.819. The second kappa shape index (κ2) is 5.94. The molecule has 0 aliphatic rings. The van der Waals surface area contributed by atoms with Gasteiger partial charge in [-0.1, -0.05) is 0 Å². The molecule has 0 saturated heterocycles. The third-order valence-corrected chi connectivity index (χ3v) is 2.66. The second-order valence-corrected chi connectivity index (χ2v) is 4.60. The number of nitrogens with zero attached hydrogens (tertiary/aromatic N) is 4. The Hall–Kier alpha value is -1.45. The van der Waals surface area contributed by atoms with Crippen molar-refractivity contribution < 1.29 is 9.13 Å². The maximum Gasteiger partial charge on any atom is 0.256 e. The van der Waals surface area contributed by atoms with Crippen molar-refractivity contribution in [2.45, 2.75) is 6.54 Å². The number of anilines is 2. The van der Waals surface area contributed by atoms with E-state index in [0.717, 1.165) is 3.57 Å². The predicted octanol–water partition coefficient (Wildman–Crippen LogP) is 2.00. The Kier molecular flexibility index (Phi) is 4.28. The molecule has 2 aromatic rings. The van der Waals surface area contributed by atoms with Crippen LogP contribution in [0.1, 0.15) is 0 Å². The van der Waals surface area contributed by atoms with Crippen molar-refractivity contribution in [2.75, 3.05) is 19.1 Å². The van der Waals surface area contributed by atoms with Gasteiger partial charge in [0.1, 0.15) is 12.4 Å². The number of aryl methyl sites for hydroxylation is 1. The number of ether oxygens (including phenoxy) is 1. The number of methoxy groups -OCH3 is 1. The van der Waals surface area contributed by atoms with E-state index in [9.17, 15) is 4.39 Å². The van der Waals surface area contributed by atoms with E-state index in [2.05, 4.69) is 43.0 Å². The van der Waals surface area contributed by atoms with Crippen molar-refractivity contribution in [2.24, 2.45) is 0 Å². The molecule has 0 aromatic carbocycles. The van der Waals surface area contributed by atoms with Crippen molar-refractivity contribution in [3.63, 3.8) is 0 Å². The number of alkyl halides is 1. The smallest absolute Gasteiger partial charge is 0.256 e. The average Bonchev–Trinajstić information content (AvgIpc) is 2.75. The summed E-state index contributed by atoms with van der Waals surface area (Å²) < 4.78 is 19.8. The highest BCUT2D eigenvalue weighted by atomic mass is 127. The minimum Gasteiger partial charge on any atom is -0.478 e. The molecule has 96 valence electrons. The Morgan fingerprint density at radius 2 is 2.17 bits per heavy atom. The molecule has 0 spiro atoms. The molecule has 0 radical (unpaired) electrons. The minimum atomic E-state index is -0.482. The van der Waals surface area contributed by atoms with Crippen LogP contribution >= 0.6 is 22.6 Å². The van der Waals surface area contributed by atoms with Crippen LogP contribution in [-0.4, -0.2) is 33.5 Å². The summed E-state index contributed by atoms with van der Waals surface area (Å²) in [5, 5.41) is 7.04. The summed E-state index contributed by atoms with van der Waals surface area (Å²) in [6.45, 7) is -0.296. The first-order valence-corrected chi connectivity index (χ1v) is 6.23. The molecule has 2 aromatic heterocycles. The first-order chi connectivity index (χ1) is 8.72. The van der Waals surface area contributed by atoms with Crippen LogP contribution in [0.3, 0.4) is 0 Å². The van der Waals surface area contributed by atoms with E-state index < -0.39 is 6.67 Å². The molecule has 18 heavy (non-hydrogen) atoms. The van der Waals surface area contributed by atoms with E-state index in [1.165, 1.54) is 11.8 Å². The maximum atomic E-state index is 12.2. The molecule has 6 nitrogen and oxygen atoms in total. The van der Waals surface area contributed by atoms with Gasteiger partial charge >= 0.3 is 0 Å². The summed E-state index contributed by atoms with van der Waals surface area (Å²) in [6.07, 6.45) is 5.03. The number of hydrogen-bond acceptors (Lipinski definition) is 5. The molecule has 0 amide bonds. The number of halogens is 2. The Bertz CT molecular complexity index is 515. The van der Waals surface area contributed by atoms with E-state index in [4.69, 9.17) is 4.74 Å². The van der Waals surface area contributed by atoms with Gasteiger partial charge in [0.2, 0.25) is 5.95 Å². The van der Waals surface area contributed by atoms with Crippen LogP contribution in [0.15, 0.2) is 18.6 Å². The molecular weight excluding hydrogens is 352 g/mol. The van der Waals surface area contributed by atoms with Crippen LogP contribution in [0.25, 0.3) is 0 Å². The Morgan fingerprint density at radius 1 is 1.44 bits per heavy atom. The van der Waals surface area contributed by atoms with Gasteiger partial charge in [0.15, 0.2) is 0 Å². The average molecular weight is 363 g/mol. The first kappa shape index (κ1) is 13.0. The van der Waals surface area contributed by atoms with E-state index in [1.807, 2.05) is 0 Å². The third-order valence-electron chi connectivity index (χ3n) is 2.10. The molecular formula is C10H11FIN5O. The van der Waals surface area contributed by atoms with Crippen LogP contribution in [0.2, 0.25) is 0 Å². The quantitative estimate of drug-likeness (QED) is 0.824. The molecule has 0 bridgehead atoms. The summed E-state index contributed by atoms with van der Waals surface area (Å²) in [4.78, 5) is 8.22.